The number of nitrogens with two attached hydrogens (primary N) is 1. The first-order valence-corrected chi connectivity index (χ1v) is 6.46. The summed E-state index contributed by atoms with van der Waals surface area (Å²) in [5.41, 5.74) is 6.76. The summed E-state index contributed by atoms with van der Waals surface area (Å²) in [6.45, 7) is 0. The van der Waals surface area contributed by atoms with Crippen LogP contribution in [-0.4, -0.2) is 10.9 Å². The van der Waals surface area contributed by atoms with Crippen LogP contribution in [-0.2, 0) is 4.79 Å². The Morgan fingerprint density at radius 2 is 2.00 bits per heavy atom. The first kappa shape index (κ1) is 13.1. The highest BCUT2D eigenvalue weighted by molar-refractivity contribution is 8.00. The van der Waals surface area contributed by atoms with E-state index in [9.17, 15) is 4.79 Å². The van der Waals surface area contributed by atoms with Crippen molar-refractivity contribution in [3.05, 3.63) is 59.8 Å². The summed E-state index contributed by atoms with van der Waals surface area (Å²) in [7, 11) is 0. The Hall–Kier alpha value is -2.32. The number of benzene rings is 1. The van der Waals surface area contributed by atoms with Crippen molar-refractivity contribution in [3.63, 3.8) is 0 Å². The van der Waals surface area contributed by atoms with Gasteiger partial charge in [-0.15, -0.1) is 0 Å². The summed E-state index contributed by atoms with van der Waals surface area (Å²) in [6.07, 6.45) is 1.48. The second-order valence-corrected chi connectivity index (χ2v) is 4.93. The molecule has 0 radical (unpaired) electrons. The lowest BCUT2D eigenvalue weighted by molar-refractivity contribution is -0.117. The lowest BCUT2D eigenvalue weighted by atomic mass is 10.1. The predicted octanol–water partition coefficient (Wildman–Crippen LogP) is 2.27. The maximum atomic E-state index is 11.5. The fraction of sp³-hybridized carbons (Fsp3) is 0.0714. The summed E-state index contributed by atoms with van der Waals surface area (Å²) in [5.74, 6) is -0.414. The monoisotopic (exact) mass is 269 g/mol. The number of carbonyl (C=O) groups is 1. The molecule has 0 saturated heterocycles. The number of hydrogen-bond donors (Lipinski definition) is 1. The first-order valence-electron chi connectivity index (χ1n) is 5.58. The molecule has 0 unspecified atom stereocenters. The molecule has 0 aliphatic carbocycles. The maximum absolute atomic E-state index is 11.5. The summed E-state index contributed by atoms with van der Waals surface area (Å²) >= 11 is 1.27. The number of nitriles is 1. The Balaban J connectivity index is 2.22. The van der Waals surface area contributed by atoms with Crippen molar-refractivity contribution in [1.29, 1.82) is 5.26 Å². The molecule has 0 spiro atoms. The van der Waals surface area contributed by atoms with Crippen LogP contribution in [0.2, 0.25) is 0 Å². The van der Waals surface area contributed by atoms with E-state index in [0.717, 1.165) is 5.56 Å². The highest BCUT2D eigenvalue weighted by Crippen LogP contribution is 2.33. The number of hydrogen-bond acceptors (Lipinski definition) is 4. The van der Waals surface area contributed by atoms with E-state index in [1.54, 1.807) is 12.1 Å². The third-order valence-corrected chi connectivity index (χ3v) is 3.69. The number of nitrogens with zero attached hydrogens (tertiary/aromatic N) is 2. The fourth-order valence-corrected chi connectivity index (χ4v) is 2.47. The molecule has 19 heavy (non-hydrogen) atoms. The van der Waals surface area contributed by atoms with Crippen molar-refractivity contribution >= 4 is 17.7 Å². The molecule has 1 aromatic carbocycles. The Morgan fingerprint density at radius 1 is 1.26 bits per heavy atom. The van der Waals surface area contributed by atoms with Crippen LogP contribution in [0.1, 0.15) is 16.4 Å². The molecule has 2 N–H and O–H groups in total. The van der Waals surface area contributed by atoms with Gasteiger partial charge in [0.2, 0.25) is 5.91 Å². The molecule has 0 aliphatic heterocycles. The topological polar surface area (TPSA) is 79.8 Å². The molecule has 0 bridgehead atoms. The molecule has 2 aromatic rings. The summed E-state index contributed by atoms with van der Waals surface area (Å²) in [6, 6.07) is 14.7. The predicted molar refractivity (Wildman–Crippen MR) is 73.2 cm³/mol. The second kappa shape index (κ2) is 6.03. The van der Waals surface area contributed by atoms with E-state index < -0.39 is 11.2 Å². The molecule has 1 amide bonds. The van der Waals surface area contributed by atoms with Crippen LogP contribution < -0.4 is 5.73 Å². The molecular formula is C14H11N3OS. The van der Waals surface area contributed by atoms with Gasteiger partial charge in [0.1, 0.15) is 11.3 Å². The van der Waals surface area contributed by atoms with Crippen molar-refractivity contribution in [3.8, 4) is 6.07 Å². The lowest BCUT2D eigenvalue weighted by Crippen LogP contribution is -2.18. The van der Waals surface area contributed by atoms with E-state index in [1.165, 1.54) is 18.0 Å². The molecule has 0 aliphatic rings. The number of primary amides is 1. The second-order valence-electron chi connectivity index (χ2n) is 3.81. The van der Waals surface area contributed by atoms with Gasteiger partial charge in [0, 0.05) is 6.20 Å². The summed E-state index contributed by atoms with van der Waals surface area (Å²) in [5, 5.41) is 8.88. The molecule has 0 fully saturated rings. The standard InChI is InChI=1S/C14H11N3OS/c15-8-10-6-7-12(17-9-10)19-13(14(16)18)11-4-2-1-3-5-11/h1-7,9,13H,(H2,16,18)/t13-/m0/s1. The van der Waals surface area contributed by atoms with Crippen LogP contribution >= 0.6 is 11.8 Å². The zero-order valence-corrected chi connectivity index (χ0v) is 10.8. The van der Waals surface area contributed by atoms with Gasteiger partial charge in [-0.25, -0.2) is 4.98 Å². The smallest absolute Gasteiger partial charge is 0.235 e. The molecule has 5 heteroatoms. The van der Waals surface area contributed by atoms with Crippen LogP contribution in [0.25, 0.3) is 0 Å². The van der Waals surface area contributed by atoms with E-state index >= 15 is 0 Å². The van der Waals surface area contributed by atoms with E-state index in [-0.39, 0.29) is 0 Å². The van der Waals surface area contributed by atoms with Gasteiger partial charge in [0.05, 0.1) is 10.6 Å². The summed E-state index contributed by atoms with van der Waals surface area (Å²) in [4.78, 5) is 15.7. The number of rotatable bonds is 4. The molecule has 2 rings (SSSR count). The minimum Gasteiger partial charge on any atom is -0.368 e. The SMILES string of the molecule is N#Cc1ccc(S[C@H](C(N)=O)c2ccccc2)nc1. The van der Waals surface area contributed by atoms with E-state index in [0.29, 0.717) is 10.6 Å². The molecule has 94 valence electrons. The minimum absolute atomic E-state index is 0.414. The molecule has 1 atom stereocenters. The van der Waals surface area contributed by atoms with Gasteiger partial charge in [-0.3, -0.25) is 4.79 Å². The van der Waals surface area contributed by atoms with Gasteiger partial charge in [-0.1, -0.05) is 42.1 Å². The van der Waals surface area contributed by atoms with Crippen LogP contribution in [0, 0.1) is 11.3 Å². The Labute approximate surface area is 115 Å². The van der Waals surface area contributed by atoms with E-state index in [4.69, 9.17) is 11.0 Å². The number of aromatic nitrogens is 1. The van der Waals surface area contributed by atoms with Crippen molar-refractivity contribution in [2.24, 2.45) is 5.73 Å². The van der Waals surface area contributed by atoms with Gasteiger partial charge >= 0.3 is 0 Å². The fourth-order valence-electron chi connectivity index (χ4n) is 1.56. The molecule has 1 aromatic heterocycles. The molecular weight excluding hydrogens is 258 g/mol. The normalized spacial score (nSPS) is 11.5. The zero-order chi connectivity index (χ0) is 13.7. The highest BCUT2D eigenvalue weighted by Gasteiger charge is 2.19. The van der Waals surface area contributed by atoms with Crippen LogP contribution in [0.3, 0.4) is 0 Å². The quantitative estimate of drug-likeness (QED) is 0.863. The Bertz CT molecular complexity index is 605. The Morgan fingerprint density at radius 3 is 2.53 bits per heavy atom. The van der Waals surface area contributed by atoms with Gasteiger partial charge in [-0.05, 0) is 17.7 Å². The van der Waals surface area contributed by atoms with Gasteiger partial charge in [0.15, 0.2) is 0 Å². The minimum atomic E-state index is -0.485. The number of thioether (sulfide) groups is 1. The molecule has 0 saturated carbocycles. The van der Waals surface area contributed by atoms with Crippen molar-refractivity contribution in [2.45, 2.75) is 10.3 Å². The van der Waals surface area contributed by atoms with Gasteiger partial charge in [0.25, 0.3) is 0 Å². The van der Waals surface area contributed by atoms with Crippen molar-refractivity contribution < 1.29 is 4.79 Å². The molecule has 4 nitrogen and oxygen atoms in total. The lowest BCUT2D eigenvalue weighted by Gasteiger charge is -2.12. The summed E-state index contributed by atoms with van der Waals surface area (Å²) < 4.78 is 0. The van der Waals surface area contributed by atoms with Crippen molar-refractivity contribution in [2.75, 3.05) is 0 Å². The first-order chi connectivity index (χ1) is 9.20. The number of amides is 1. The van der Waals surface area contributed by atoms with Gasteiger partial charge < -0.3 is 5.73 Å². The maximum Gasteiger partial charge on any atom is 0.235 e. The third-order valence-electron chi connectivity index (χ3n) is 2.46. The average Bonchev–Trinajstić information content (AvgIpc) is 2.46. The van der Waals surface area contributed by atoms with E-state index in [1.807, 2.05) is 36.4 Å². The number of carbonyl (C=O) groups excluding carboxylic acids is 1. The van der Waals surface area contributed by atoms with Crippen LogP contribution in [0.15, 0.2) is 53.7 Å². The Kier molecular flexibility index (Phi) is 4.16. The largest absolute Gasteiger partial charge is 0.368 e. The highest BCUT2D eigenvalue weighted by atomic mass is 32.2. The van der Waals surface area contributed by atoms with Crippen molar-refractivity contribution in [1.82, 2.24) is 4.98 Å². The van der Waals surface area contributed by atoms with Crippen LogP contribution in [0.4, 0.5) is 0 Å². The van der Waals surface area contributed by atoms with Gasteiger partial charge in [-0.2, -0.15) is 5.26 Å². The average molecular weight is 269 g/mol. The van der Waals surface area contributed by atoms with Crippen LogP contribution in [0.5, 0.6) is 0 Å². The number of pyridine rings is 1. The molecule has 1 heterocycles. The van der Waals surface area contributed by atoms with E-state index in [2.05, 4.69) is 4.98 Å². The third kappa shape index (κ3) is 3.33. The zero-order valence-electron chi connectivity index (χ0n) is 9.98.